The Morgan fingerprint density at radius 3 is 2.55 bits per heavy atom. The average molecular weight is 463 g/mol. The molecule has 0 unspecified atom stereocenters. The Kier molecular flexibility index (Phi) is 7.41. The van der Waals surface area contributed by atoms with E-state index in [0.29, 0.717) is 11.6 Å². The summed E-state index contributed by atoms with van der Waals surface area (Å²) in [6.07, 6.45) is 1.14. The first-order valence-corrected chi connectivity index (χ1v) is 9.59. The van der Waals surface area contributed by atoms with Gasteiger partial charge in [0.2, 0.25) is 11.6 Å². The number of ether oxygens (including phenoxy) is 1. The van der Waals surface area contributed by atoms with Crippen molar-refractivity contribution in [3.63, 3.8) is 0 Å². The van der Waals surface area contributed by atoms with Gasteiger partial charge < -0.3 is 10.1 Å². The standard InChI is InChI=1S/C19H16Cl2N6O4/c20-13-6-7-15(14(21)8-13)31-10-16(28)25-26-19-17(27(29)30)18(23-11-24-19)22-9-12-4-2-1-3-5-12/h1-8,11H,9-10H2,(H,25,28)(H2,22,23,24,26). The minimum absolute atomic E-state index is 0.00444. The maximum atomic E-state index is 12.0. The third-order valence-corrected chi connectivity index (χ3v) is 4.41. The second-order valence-electron chi connectivity index (χ2n) is 6.05. The molecule has 2 aromatic carbocycles. The van der Waals surface area contributed by atoms with Crippen LogP contribution < -0.4 is 20.9 Å². The van der Waals surface area contributed by atoms with Gasteiger partial charge in [-0.3, -0.25) is 25.8 Å². The lowest BCUT2D eigenvalue weighted by molar-refractivity contribution is -0.383. The molecule has 3 aromatic rings. The molecular formula is C19H16Cl2N6O4. The van der Waals surface area contributed by atoms with Crippen molar-refractivity contribution >= 4 is 46.4 Å². The van der Waals surface area contributed by atoms with Crippen molar-refractivity contribution in [1.82, 2.24) is 15.4 Å². The van der Waals surface area contributed by atoms with E-state index in [2.05, 4.69) is 26.1 Å². The van der Waals surface area contributed by atoms with Gasteiger partial charge in [0.15, 0.2) is 6.61 Å². The second-order valence-corrected chi connectivity index (χ2v) is 6.90. The number of anilines is 2. The van der Waals surface area contributed by atoms with Crippen molar-refractivity contribution < 1.29 is 14.5 Å². The number of nitro groups is 1. The van der Waals surface area contributed by atoms with Gasteiger partial charge in [-0.05, 0) is 23.8 Å². The predicted octanol–water partition coefficient (Wildman–Crippen LogP) is 3.83. The van der Waals surface area contributed by atoms with Crippen molar-refractivity contribution in [2.75, 3.05) is 17.3 Å². The minimum Gasteiger partial charge on any atom is -0.482 e. The Hall–Kier alpha value is -3.63. The molecule has 0 atom stereocenters. The summed E-state index contributed by atoms with van der Waals surface area (Å²) in [5.74, 6) is -0.530. The molecule has 0 aliphatic carbocycles. The smallest absolute Gasteiger partial charge is 0.354 e. The third kappa shape index (κ3) is 6.17. The third-order valence-electron chi connectivity index (χ3n) is 3.88. The second kappa shape index (κ2) is 10.4. The van der Waals surface area contributed by atoms with Crippen LogP contribution in [0, 0.1) is 10.1 Å². The van der Waals surface area contributed by atoms with Gasteiger partial charge in [0.05, 0.1) is 9.95 Å². The van der Waals surface area contributed by atoms with E-state index in [4.69, 9.17) is 27.9 Å². The lowest BCUT2D eigenvalue weighted by Gasteiger charge is -2.12. The van der Waals surface area contributed by atoms with Gasteiger partial charge in [-0.1, -0.05) is 53.5 Å². The van der Waals surface area contributed by atoms with E-state index in [1.807, 2.05) is 30.3 Å². The van der Waals surface area contributed by atoms with Gasteiger partial charge in [-0.25, -0.2) is 9.97 Å². The zero-order valence-corrected chi connectivity index (χ0v) is 17.4. The molecule has 1 amide bonds. The van der Waals surface area contributed by atoms with Crippen molar-refractivity contribution in [2.24, 2.45) is 0 Å². The number of nitrogens with zero attached hydrogens (tertiary/aromatic N) is 3. The Labute approximate surface area is 186 Å². The number of rotatable bonds is 9. The van der Waals surface area contributed by atoms with Crippen LogP contribution in [0.25, 0.3) is 0 Å². The van der Waals surface area contributed by atoms with Crippen molar-refractivity contribution in [3.05, 3.63) is 80.6 Å². The molecule has 160 valence electrons. The lowest BCUT2D eigenvalue weighted by atomic mass is 10.2. The van der Waals surface area contributed by atoms with Crippen LogP contribution >= 0.6 is 23.2 Å². The molecule has 0 fully saturated rings. The Bertz CT molecular complexity index is 1080. The quantitative estimate of drug-likeness (QED) is 0.322. The molecule has 0 aliphatic heterocycles. The van der Waals surface area contributed by atoms with Crippen LogP contribution in [-0.2, 0) is 11.3 Å². The van der Waals surface area contributed by atoms with Crippen molar-refractivity contribution in [2.45, 2.75) is 6.54 Å². The van der Waals surface area contributed by atoms with E-state index in [9.17, 15) is 14.9 Å². The first-order valence-electron chi connectivity index (χ1n) is 8.84. The SMILES string of the molecule is O=C(COc1ccc(Cl)cc1Cl)NNc1ncnc(NCc2ccccc2)c1[N+](=O)[O-]. The molecular weight excluding hydrogens is 447 g/mol. The van der Waals surface area contributed by atoms with Gasteiger partial charge in [0.1, 0.15) is 12.1 Å². The highest BCUT2D eigenvalue weighted by molar-refractivity contribution is 6.35. The fourth-order valence-corrected chi connectivity index (χ4v) is 2.92. The molecule has 12 heteroatoms. The summed E-state index contributed by atoms with van der Waals surface area (Å²) >= 11 is 11.8. The first kappa shape index (κ1) is 22.1. The Morgan fingerprint density at radius 2 is 1.84 bits per heavy atom. The molecule has 0 saturated heterocycles. The van der Waals surface area contributed by atoms with Crippen LogP contribution in [0.4, 0.5) is 17.3 Å². The summed E-state index contributed by atoms with van der Waals surface area (Å²) in [6.45, 7) is -0.0769. The zero-order valence-electron chi connectivity index (χ0n) is 15.8. The van der Waals surface area contributed by atoms with E-state index in [0.717, 1.165) is 11.9 Å². The number of nitrogens with one attached hydrogen (secondary N) is 3. The predicted molar refractivity (Wildman–Crippen MR) is 116 cm³/mol. The molecule has 0 radical (unpaired) electrons. The number of benzene rings is 2. The topological polar surface area (TPSA) is 131 Å². The summed E-state index contributed by atoms with van der Waals surface area (Å²) in [6, 6.07) is 13.9. The zero-order chi connectivity index (χ0) is 22.2. The van der Waals surface area contributed by atoms with Crippen LogP contribution in [0.3, 0.4) is 0 Å². The summed E-state index contributed by atoms with van der Waals surface area (Å²) in [4.78, 5) is 30.7. The van der Waals surface area contributed by atoms with Crippen molar-refractivity contribution in [3.8, 4) is 5.75 Å². The number of carbonyl (C=O) groups excluding carboxylic acids is 1. The Balaban J connectivity index is 1.62. The monoisotopic (exact) mass is 462 g/mol. The van der Waals surface area contributed by atoms with E-state index < -0.39 is 23.1 Å². The van der Waals surface area contributed by atoms with E-state index in [1.165, 1.54) is 12.1 Å². The van der Waals surface area contributed by atoms with Gasteiger partial charge in [-0.2, -0.15) is 0 Å². The number of aromatic nitrogens is 2. The highest BCUT2D eigenvalue weighted by Gasteiger charge is 2.23. The molecule has 0 saturated carbocycles. The Morgan fingerprint density at radius 1 is 1.10 bits per heavy atom. The molecule has 0 aliphatic rings. The van der Waals surface area contributed by atoms with E-state index >= 15 is 0 Å². The number of halogens is 2. The number of carbonyl (C=O) groups is 1. The summed E-state index contributed by atoms with van der Waals surface area (Å²) in [5.41, 5.74) is 5.21. The molecule has 3 rings (SSSR count). The number of hydrogen-bond donors (Lipinski definition) is 3. The lowest BCUT2D eigenvalue weighted by Crippen LogP contribution is -2.34. The molecule has 1 heterocycles. The summed E-state index contributed by atoms with van der Waals surface area (Å²) in [7, 11) is 0. The van der Waals surface area contributed by atoms with Crippen molar-refractivity contribution in [1.29, 1.82) is 0 Å². The molecule has 10 nitrogen and oxygen atoms in total. The molecule has 1 aromatic heterocycles. The fraction of sp³-hybridized carbons (Fsp3) is 0.105. The van der Waals surface area contributed by atoms with Gasteiger partial charge in [0, 0.05) is 11.6 Å². The highest BCUT2D eigenvalue weighted by Crippen LogP contribution is 2.29. The van der Waals surface area contributed by atoms with Gasteiger partial charge in [-0.15, -0.1) is 0 Å². The molecule has 3 N–H and O–H groups in total. The fourth-order valence-electron chi connectivity index (χ4n) is 2.45. The summed E-state index contributed by atoms with van der Waals surface area (Å²) < 4.78 is 5.31. The molecule has 0 bridgehead atoms. The highest BCUT2D eigenvalue weighted by atomic mass is 35.5. The number of hydrogen-bond acceptors (Lipinski definition) is 8. The minimum atomic E-state index is -0.647. The average Bonchev–Trinajstić information content (AvgIpc) is 2.76. The number of amides is 1. The maximum Gasteiger partial charge on any atom is 0.354 e. The van der Waals surface area contributed by atoms with Gasteiger partial charge in [0.25, 0.3) is 5.91 Å². The maximum absolute atomic E-state index is 12.0. The van der Waals surface area contributed by atoms with Crippen LogP contribution in [0.1, 0.15) is 5.56 Å². The molecule has 31 heavy (non-hydrogen) atoms. The van der Waals surface area contributed by atoms with Gasteiger partial charge >= 0.3 is 5.69 Å². The van der Waals surface area contributed by atoms with Crippen LogP contribution in [0.2, 0.25) is 10.0 Å². The van der Waals surface area contributed by atoms with E-state index in [1.54, 1.807) is 6.07 Å². The number of hydrazine groups is 1. The summed E-state index contributed by atoms with van der Waals surface area (Å²) in [5, 5.41) is 15.1. The first-order chi connectivity index (χ1) is 14.9. The normalized spacial score (nSPS) is 10.3. The van der Waals surface area contributed by atoms with Crippen LogP contribution in [0.15, 0.2) is 54.9 Å². The van der Waals surface area contributed by atoms with Crippen LogP contribution in [-0.4, -0.2) is 27.4 Å². The van der Waals surface area contributed by atoms with Crippen LogP contribution in [0.5, 0.6) is 5.75 Å². The molecule has 0 spiro atoms. The van der Waals surface area contributed by atoms with E-state index in [-0.39, 0.29) is 22.4 Å². The largest absolute Gasteiger partial charge is 0.482 e.